The van der Waals surface area contributed by atoms with Crippen LogP contribution in [0.3, 0.4) is 0 Å². The second-order valence-electron chi connectivity index (χ2n) is 3.65. The van der Waals surface area contributed by atoms with Crippen LogP contribution in [0.4, 0.5) is 11.6 Å². The normalized spacial score (nSPS) is 12.3. The molecule has 5 heteroatoms. The summed E-state index contributed by atoms with van der Waals surface area (Å²) in [6, 6.07) is 2.31. The molecule has 0 aliphatic carbocycles. The highest BCUT2D eigenvalue weighted by molar-refractivity contribution is 5.47. The van der Waals surface area contributed by atoms with E-state index in [-0.39, 0.29) is 0 Å². The van der Waals surface area contributed by atoms with Gasteiger partial charge in [0, 0.05) is 19.2 Å². The van der Waals surface area contributed by atoms with Crippen molar-refractivity contribution < 1.29 is 0 Å². The first kappa shape index (κ1) is 11.7. The molecule has 0 aromatic carbocycles. The summed E-state index contributed by atoms with van der Waals surface area (Å²) >= 11 is 0. The van der Waals surface area contributed by atoms with Crippen molar-refractivity contribution in [1.82, 2.24) is 9.97 Å². The second-order valence-corrected chi connectivity index (χ2v) is 3.65. The van der Waals surface area contributed by atoms with Crippen LogP contribution in [0.5, 0.6) is 0 Å². The first-order valence-corrected chi connectivity index (χ1v) is 5.20. The number of anilines is 2. The fourth-order valence-corrected chi connectivity index (χ4v) is 1.46. The molecule has 0 amide bonds. The van der Waals surface area contributed by atoms with Crippen LogP contribution in [0.25, 0.3) is 0 Å². The summed E-state index contributed by atoms with van der Waals surface area (Å²) in [4.78, 5) is 10.3. The summed E-state index contributed by atoms with van der Waals surface area (Å²) in [5, 5.41) is 0. The molecule has 0 spiro atoms. The van der Waals surface area contributed by atoms with E-state index in [0.29, 0.717) is 11.9 Å². The predicted octanol–water partition coefficient (Wildman–Crippen LogP) is 1.39. The third-order valence-corrected chi connectivity index (χ3v) is 2.53. The summed E-state index contributed by atoms with van der Waals surface area (Å²) < 4.78 is 0. The lowest BCUT2D eigenvalue weighted by Gasteiger charge is -2.25. The van der Waals surface area contributed by atoms with Gasteiger partial charge in [-0.25, -0.2) is 15.8 Å². The van der Waals surface area contributed by atoms with Gasteiger partial charge in [0.1, 0.15) is 18.0 Å². The molecule has 3 N–H and O–H groups in total. The Kier molecular flexibility index (Phi) is 4.30. The summed E-state index contributed by atoms with van der Waals surface area (Å²) in [5.74, 6) is 6.82. The molecule has 1 unspecified atom stereocenters. The lowest BCUT2D eigenvalue weighted by molar-refractivity contribution is 0.611. The molecule has 0 aliphatic rings. The molecule has 0 aliphatic heterocycles. The highest BCUT2D eigenvalue weighted by atomic mass is 15.3. The fraction of sp³-hybridized carbons (Fsp3) is 0.600. The minimum Gasteiger partial charge on any atom is -0.357 e. The molecular formula is C10H19N5. The van der Waals surface area contributed by atoms with E-state index >= 15 is 0 Å². The molecule has 0 saturated carbocycles. The highest BCUT2D eigenvalue weighted by Gasteiger charge is 2.10. The van der Waals surface area contributed by atoms with Gasteiger partial charge in [-0.05, 0) is 13.3 Å². The molecule has 5 nitrogen and oxygen atoms in total. The zero-order chi connectivity index (χ0) is 11.3. The summed E-state index contributed by atoms with van der Waals surface area (Å²) in [7, 11) is 2.03. The van der Waals surface area contributed by atoms with E-state index in [9.17, 15) is 0 Å². The molecule has 0 fully saturated rings. The Hall–Kier alpha value is -1.36. The second kappa shape index (κ2) is 5.50. The third-order valence-electron chi connectivity index (χ3n) is 2.53. The van der Waals surface area contributed by atoms with Gasteiger partial charge in [-0.3, -0.25) is 0 Å². The molecule has 0 bridgehead atoms. The Labute approximate surface area is 90.7 Å². The Balaban J connectivity index is 2.76. The fourth-order valence-electron chi connectivity index (χ4n) is 1.46. The number of rotatable bonds is 5. The highest BCUT2D eigenvalue weighted by Crippen LogP contribution is 2.16. The van der Waals surface area contributed by atoms with Crippen LogP contribution in [-0.2, 0) is 0 Å². The van der Waals surface area contributed by atoms with Crippen LogP contribution in [0.15, 0.2) is 12.4 Å². The van der Waals surface area contributed by atoms with Crippen molar-refractivity contribution in [2.75, 3.05) is 17.4 Å². The molecule has 1 aromatic rings. The van der Waals surface area contributed by atoms with E-state index in [1.54, 1.807) is 0 Å². The number of hydrogen-bond acceptors (Lipinski definition) is 5. The Morgan fingerprint density at radius 1 is 1.53 bits per heavy atom. The molecule has 1 aromatic heterocycles. The molecule has 0 radical (unpaired) electrons. The third kappa shape index (κ3) is 3.06. The van der Waals surface area contributed by atoms with Crippen LogP contribution >= 0.6 is 0 Å². The minimum atomic E-state index is 0.468. The van der Waals surface area contributed by atoms with Crippen molar-refractivity contribution in [2.45, 2.75) is 32.7 Å². The number of nitrogens with two attached hydrogens (primary N) is 1. The van der Waals surface area contributed by atoms with Crippen LogP contribution in [0.1, 0.15) is 26.7 Å². The van der Waals surface area contributed by atoms with Gasteiger partial charge in [-0.15, -0.1) is 0 Å². The first-order valence-electron chi connectivity index (χ1n) is 5.20. The summed E-state index contributed by atoms with van der Waals surface area (Å²) in [5.41, 5.74) is 2.52. The number of nitrogens with one attached hydrogen (secondary N) is 1. The van der Waals surface area contributed by atoms with Crippen molar-refractivity contribution in [3.63, 3.8) is 0 Å². The Morgan fingerprint density at radius 3 is 2.87 bits per heavy atom. The first-order chi connectivity index (χ1) is 7.19. The maximum atomic E-state index is 5.29. The van der Waals surface area contributed by atoms with Crippen molar-refractivity contribution in [3.8, 4) is 0 Å². The standard InChI is InChI=1S/C10H19N5/c1-4-5-8(2)15(3)10-6-9(14-11)12-7-13-10/h6-8H,4-5,11H2,1-3H3,(H,12,13,14). The van der Waals surface area contributed by atoms with E-state index in [2.05, 4.69) is 34.1 Å². The number of hydrazine groups is 1. The summed E-state index contributed by atoms with van der Waals surface area (Å²) in [6.07, 6.45) is 3.82. The van der Waals surface area contributed by atoms with Crippen molar-refractivity contribution in [1.29, 1.82) is 0 Å². The van der Waals surface area contributed by atoms with Gasteiger partial charge in [-0.1, -0.05) is 13.3 Å². The molecule has 1 heterocycles. The van der Waals surface area contributed by atoms with E-state index in [4.69, 9.17) is 5.84 Å². The maximum Gasteiger partial charge on any atom is 0.145 e. The van der Waals surface area contributed by atoms with Crippen LogP contribution in [0, 0.1) is 0 Å². The maximum absolute atomic E-state index is 5.29. The van der Waals surface area contributed by atoms with Crippen molar-refractivity contribution >= 4 is 11.6 Å². The number of aromatic nitrogens is 2. The zero-order valence-corrected chi connectivity index (χ0v) is 9.57. The minimum absolute atomic E-state index is 0.468. The largest absolute Gasteiger partial charge is 0.357 e. The Bertz CT molecular complexity index is 302. The lowest BCUT2D eigenvalue weighted by Crippen LogP contribution is -2.29. The molecule has 15 heavy (non-hydrogen) atoms. The smallest absolute Gasteiger partial charge is 0.145 e. The topological polar surface area (TPSA) is 67.1 Å². The van der Waals surface area contributed by atoms with Crippen LogP contribution in [0.2, 0.25) is 0 Å². The van der Waals surface area contributed by atoms with Gasteiger partial charge >= 0.3 is 0 Å². The van der Waals surface area contributed by atoms with Gasteiger partial charge in [0.15, 0.2) is 0 Å². The van der Waals surface area contributed by atoms with E-state index in [1.807, 2.05) is 13.1 Å². The van der Waals surface area contributed by atoms with Crippen LogP contribution < -0.4 is 16.2 Å². The average molecular weight is 209 g/mol. The molecule has 1 atom stereocenters. The average Bonchev–Trinajstić information content (AvgIpc) is 2.28. The number of hydrogen-bond donors (Lipinski definition) is 2. The van der Waals surface area contributed by atoms with Gasteiger partial charge in [0.2, 0.25) is 0 Å². The van der Waals surface area contributed by atoms with Crippen LogP contribution in [-0.4, -0.2) is 23.1 Å². The summed E-state index contributed by atoms with van der Waals surface area (Å²) in [6.45, 7) is 4.36. The zero-order valence-electron chi connectivity index (χ0n) is 9.57. The van der Waals surface area contributed by atoms with E-state index in [0.717, 1.165) is 12.2 Å². The molecular weight excluding hydrogens is 190 g/mol. The number of nitrogen functional groups attached to an aromatic ring is 1. The quantitative estimate of drug-likeness (QED) is 0.566. The predicted molar refractivity (Wildman–Crippen MR) is 62.6 cm³/mol. The van der Waals surface area contributed by atoms with Crippen molar-refractivity contribution in [3.05, 3.63) is 12.4 Å². The van der Waals surface area contributed by atoms with Crippen molar-refractivity contribution in [2.24, 2.45) is 5.84 Å². The lowest BCUT2D eigenvalue weighted by atomic mass is 10.2. The molecule has 84 valence electrons. The van der Waals surface area contributed by atoms with Gasteiger partial charge in [0.25, 0.3) is 0 Å². The van der Waals surface area contributed by atoms with E-state index in [1.165, 1.54) is 12.7 Å². The van der Waals surface area contributed by atoms with Gasteiger partial charge in [0.05, 0.1) is 0 Å². The SMILES string of the molecule is CCCC(C)N(C)c1cc(NN)ncn1. The Morgan fingerprint density at radius 2 is 2.27 bits per heavy atom. The molecule has 1 rings (SSSR count). The monoisotopic (exact) mass is 209 g/mol. The van der Waals surface area contributed by atoms with Gasteiger partial charge in [-0.2, -0.15) is 0 Å². The number of nitrogens with zero attached hydrogens (tertiary/aromatic N) is 3. The van der Waals surface area contributed by atoms with E-state index < -0.39 is 0 Å². The molecule has 0 saturated heterocycles. The van der Waals surface area contributed by atoms with Gasteiger partial charge < -0.3 is 10.3 Å².